The molecule has 0 saturated heterocycles. The van der Waals surface area contributed by atoms with Gasteiger partial charge < -0.3 is 10.6 Å². The van der Waals surface area contributed by atoms with Crippen molar-refractivity contribution in [3.05, 3.63) is 30.1 Å². The molecule has 2 N–H and O–H groups in total. The number of rotatable bonds is 3. The number of halogens is 1. The van der Waals surface area contributed by atoms with Crippen molar-refractivity contribution in [2.45, 2.75) is 25.4 Å². The number of hydrogen-bond donors (Lipinski definition) is 2. The summed E-state index contributed by atoms with van der Waals surface area (Å²) in [4.78, 5) is 8.22. The third-order valence-corrected chi connectivity index (χ3v) is 2.32. The Balaban J connectivity index is 0.00000128. The summed E-state index contributed by atoms with van der Waals surface area (Å²) in [5.74, 6) is 0.876. The molecule has 1 heterocycles. The summed E-state index contributed by atoms with van der Waals surface area (Å²) in [5.41, 5.74) is 1.16. The first-order valence-electron chi connectivity index (χ1n) is 5.24. The van der Waals surface area contributed by atoms with Gasteiger partial charge in [-0.25, -0.2) is 0 Å². The Hall–Kier alpha value is -0.850. The minimum Gasteiger partial charge on any atom is -0.354 e. The predicted molar refractivity (Wildman–Crippen MR) is 76.0 cm³/mol. The quantitative estimate of drug-likeness (QED) is 0.501. The zero-order valence-electron chi connectivity index (χ0n) is 9.31. The number of aliphatic imine (C=N–C) groups is 1. The first-order chi connectivity index (χ1) is 7.38. The first-order valence-corrected chi connectivity index (χ1v) is 5.24. The number of aromatic nitrogens is 1. The van der Waals surface area contributed by atoms with Crippen LogP contribution in [0, 0.1) is 0 Å². The Labute approximate surface area is 113 Å². The predicted octanol–water partition coefficient (Wildman–Crippen LogP) is 1.53. The molecular weight excluding hydrogens is 315 g/mol. The summed E-state index contributed by atoms with van der Waals surface area (Å²) in [6.07, 6.45) is 6.15. The van der Waals surface area contributed by atoms with Gasteiger partial charge in [0.15, 0.2) is 5.96 Å². The van der Waals surface area contributed by atoms with Crippen LogP contribution in [0.15, 0.2) is 29.5 Å². The lowest BCUT2D eigenvalue weighted by Gasteiger charge is -2.10. The second-order valence-corrected chi connectivity index (χ2v) is 3.71. The Morgan fingerprint density at radius 2 is 2.38 bits per heavy atom. The summed E-state index contributed by atoms with van der Waals surface area (Å²) in [5, 5.41) is 6.59. The van der Waals surface area contributed by atoms with Crippen LogP contribution in [-0.2, 0) is 6.54 Å². The molecule has 1 aliphatic rings. The van der Waals surface area contributed by atoms with E-state index in [0.717, 1.165) is 18.1 Å². The van der Waals surface area contributed by atoms with Crippen LogP contribution < -0.4 is 10.6 Å². The Morgan fingerprint density at radius 3 is 2.94 bits per heavy atom. The zero-order valence-corrected chi connectivity index (χ0v) is 11.6. The molecular formula is C11H17IN4. The SMILES string of the molecule is CN=C(NCc1cccnc1)NC1CC1.I. The van der Waals surface area contributed by atoms with Gasteiger partial charge in [0, 0.05) is 32.0 Å². The van der Waals surface area contributed by atoms with E-state index in [0.29, 0.717) is 6.04 Å². The fraction of sp³-hybridized carbons (Fsp3) is 0.455. The van der Waals surface area contributed by atoms with Gasteiger partial charge in [-0.3, -0.25) is 9.98 Å². The van der Waals surface area contributed by atoms with Crippen molar-refractivity contribution in [2.24, 2.45) is 4.99 Å². The van der Waals surface area contributed by atoms with Crippen LogP contribution >= 0.6 is 24.0 Å². The summed E-state index contributed by atoms with van der Waals surface area (Å²) in [7, 11) is 1.79. The first kappa shape index (κ1) is 13.2. The highest BCUT2D eigenvalue weighted by Gasteiger charge is 2.21. The molecule has 0 aromatic carbocycles. The maximum Gasteiger partial charge on any atom is 0.191 e. The Morgan fingerprint density at radius 1 is 1.56 bits per heavy atom. The zero-order chi connectivity index (χ0) is 10.5. The van der Waals surface area contributed by atoms with Gasteiger partial charge in [-0.15, -0.1) is 24.0 Å². The van der Waals surface area contributed by atoms with E-state index in [9.17, 15) is 0 Å². The molecule has 1 saturated carbocycles. The molecule has 2 rings (SSSR count). The normalized spacial score (nSPS) is 15.2. The summed E-state index contributed by atoms with van der Waals surface area (Å²) < 4.78 is 0. The number of pyridine rings is 1. The second kappa shape index (κ2) is 6.67. The average molecular weight is 332 g/mol. The molecule has 1 aromatic heterocycles. The van der Waals surface area contributed by atoms with Gasteiger partial charge >= 0.3 is 0 Å². The smallest absolute Gasteiger partial charge is 0.191 e. The number of guanidine groups is 1. The highest BCUT2D eigenvalue weighted by atomic mass is 127. The molecule has 1 aliphatic carbocycles. The van der Waals surface area contributed by atoms with E-state index in [4.69, 9.17) is 0 Å². The van der Waals surface area contributed by atoms with Gasteiger partial charge in [0.1, 0.15) is 0 Å². The number of nitrogens with zero attached hydrogens (tertiary/aromatic N) is 2. The van der Waals surface area contributed by atoms with Crippen LogP contribution in [-0.4, -0.2) is 24.0 Å². The van der Waals surface area contributed by atoms with E-state index in [2.05, 4.69) is 20.6 Å². The molecule has 5 heteroatoms. The van der Waals surface area contributed by atoms with E-state index in [1.807, 2.05) is 18.3 Å². The fourth-order valence-corrected chi connectivity index (χ4v) is 1.30. The minimum absolute atomic E-state index is 0. The number of hydrogen-bond acceptors (Lipinski definition) is 2. The Bertz CT molecular complexity index is 335. The lowest BCUT2D eigenvalue weighted by atomic mass is 10.3. The topological polar surface area (TPSA) is 49.3 Å². The van der Waals surface area contributed by atoms with Crippen molar-refractivity contribution < 1.29 is 0 Å². The third kappa shape index (κ3) is 4.34. The van der Waals surface area contributed by atoms with Crippen LogP contribution in [0.1, 0.15) is 18.4 Å². The van der Waals surface area contributed by atoms with E-state index in [1.54, 1.807) is 13.2 Å². The molecule has 0 spiro atoms. The van der Waals surface area contributed by atoms with Crippen molar-refractivity contribution in [1.82, 2.24) is 15.6 Å². The maximum atomic E-state index is 4.16. The largest absolute Gasteiger partial charge is 0.354 e. The van der Waals surface area contributed by atoms with Gasteiger partial charge in [-0.05, 0) is 24.5 Å². The molecule has 0 unspecified atom stereocenters. The maximum absolute atomic E-state index is 4.16. The van der Waals surface area contributed by atoms with Crippen LogP contribution in [0.2, 0.25) is 0 Å². The lowest BCUT2D eigenvalue weighted by molar-refractivity contribution is 0.803. The van der Waals surface area contributed by atoms with Gasteiger partial charge in [-0.2, -0.15) is 0 Å². The fourth-order valence-electron chi connectivity index (χ4n) is 1.30. The van der Waals surface area contributed by atoms with Crippen LogP contribution in [0.4, 0.5) is 0 Å². The Kier molecular flexibility index (Phi) is 5.51. The van der Waals surface area contributed by atoms with E-state index >= 15 is 0 Å². The van der Waals surface area contributed by atoms with Crippen LogP contribution in [0.5, 0.6) is 0 Å². The molecule has 88 valence electrons. The van der Waals surface area contributed by atoms with E-state index in [-0.39, 0.29) is 24.0 Å². The molecule has 0 aliphatic heterocycles. The standard InChI is InChI=1S/C11H16N4.HI/c1-12-11(15-10-4-5-10)14-8-9-3-2-6-13-7-9;/h2-3,6-7,10H,4-5,8H2,1H3,(H2,12,14,15);1H. The molecule has 4 nitrogen and oxygen atoms in total. The van der Waals surface area contributed by atoms with Crippen molar-refractivity contribution in [3.8, 4) is 0 Å². The van der Waals surface area contributed by atoms with Crippen LogP contribution in [0.3, 0.4) is 0 Å². The summed E-state index contributed by atoms with van der Waals surface area (Å²) in [6.45, 7) is 0.764. The summed E-state index contributed by atoms with van der Waals surface area (Å²) in [6, 6.07) is 4.61. The van der Waals surface area contributed by atoms with Crippen molar-refractivity contribution >= 4 is 29.9 Å². The van der Waals surface area contributed by atoms with Crippen molar-refractivity contribution in [3.63, 3.8) is 0 Å². The molecule has 1 aromatic rings. The van der Waals surface area contributed by atoms with Gasteiger partial charge in [0.2, 0.25) is 0 Å². The highest BCUT2D eigenvalue weighted by molar-refractivity contribution is 14.0. The lowest BCUT2D eigenvalue weighted by Crippen LogP contribution is -2.38. The van der Waals surface area contributed by atoms with Crippen molar-refractivity contribution in [2.75, 3.05) is 7.05 Å². The third-order valence-electron chi connectivity index (χ3n) is 2.32. The van der Waals surface area contributed by atoms with Crippen molar-refractivity contribution in [1.29, 1.82) is 0 Å². The van der Waals surface area contributed by atoms with Gasteiger partial charge in [0.25, 0.3) is 0 Å². The number of nitrogens with one attached hydrogen (secondary N) is 2. The van der Waals surface area contributed by atoms with Gasteiger partial charge in [0.05, 0.1) is 0 Å². The second-order valence-electron chi connectivity index (χ2n) is 3.71. The molecule has 1 fully saturated rings. The van der Waals surface area contributed by atoms with Gasteiger partial charge in [-0.1, -0.05) is 6.07 Å². The molecule has 0 radical (unpaired) electrons. The minimum atomic E-state index is 0. The van der Waals surface area contributed by atoms with E-state index in [1.165, 1.54) is 12.8 Å². The monoisotopic (exact) mass is 332 g/mol. The highest BCUT2D eigenvalue weighted by Crippen LogP contribution is 2.18. The molecule has 16 heavy (non-hydrogen) atoms. The molecule has 0 bridgehead atoms. The molecule has 0 amide bonds. The average Bonchev–Trinajstić information content (AvgIpc) is 3.09. The summed E-state index contributed by atoms with van der Waals surface area (Å²) >= 11 is 0. The molecule has 0 atom stereocenters. The van der Waals surface area contributed by atoms with Crippen LogP contribution in [0.25, 0.3) is 0 Å². The van der Waals surface area contributed by atoms with E-state index < -0.39 is 0 Å².